The number of ether oxygens (including phenoxy) is 1. The fourth-order valence-electron chi connectivity index (χ4n) is 3.49. The van der Waals surface area contributed by atoms with Crippen molar-refractivity contribution in [3.63, 3.8) is 0 Å². The lowest BCUT2D eigenvalue weighted by Crippen LogP contribution is -2.42. The van der Waals surface area contributed by atoms with Gasteiger partial charge in [0, 0.05) is 31.1 Å². The van der Waals surface area contributed by atoms with Crippen LogP contribution in [-0.2, 0) is 21.4 Å². The van der Waals surface area contributed by atoms with Crippen LogP contribution in [0.5, 0.6) is 5.75 Å². The van der Waals surface area contributed by atoms with Crippen LogP contribution in [-0.4, -0.2) is 38.3 Å². The monoisotopic (exact) mass is 416 g/mol. The maximum Gasteiger partial charge on any atom is 0.243 e. The predicted molar refractivity (Wildman–Crippen MR) is 112 cm³/mol. The summed E-state index contributed by atoms with van der Waals surface area (Å²) >= 11 is 0. The van der Waals surface area contributed by atoms with Gasteiger partial charge in [0.25, 0.3) is 0 Å². The molecule has 3 rings (SSSR count). The molecule has 0 atom stereocenters. The number of carbonyl (C=O) groups excluding carboxylic acids is 1. The SMILES string of the molecule is CCOc1ccccc1CNC(=O)C1CCN(S(=O)(=O)c2ccc(C)cc2)CC1. The van der Waals surface area contributed by atoms with Crippen molar-refractivity contribution in [1.82, 2.24) is 9.62 Å². The number of piperidine rings is 1. The molecule has 1 saturated heterocycles. The molecule has 2 aromatic rings. The molecule has 0 bridgehead atoms. The van der Waals surface area contributed by atoms with Crippen LogP contribution in [0.1, 0.15) is 30.9 Å². The second-order valence-corrected chi connectivity index (χ2v) is 9.19. The third-order valence-electron chi connectivity index (χ3n) is 5.21. The number of carbonyl (C=O) groups is 1. The van der Waals surface area contributed by atoms with Gasteiger partial charge in [0.15, 0.2) is 0 Å². The van der Waals surface area contributed by atoms with E-state index in [0.717, 1.165) is 16.9 Å². The van der Waals surface area contributed by atoms with Gasteiger partial charge in [0.05, 0.1) is 11.5 Å². The maximum atomic E-state index is 12.8. The highest BCUT2D eigenvalue weighted by Gasteiger charge is 2.32. The molecule has 2 aromatic carbocycles. The lowest BCUT2D eigenvalue weighted by atomic mass is 9.97. The lowest BCUT2D eigenvalue weighted by molar-refractivity contribution is -0.126. The molecule has 1 aliphatic rings. The molecule has 0 unspecified atom stereocenters. The summed E-state index contributed by atoms with van der Waals surface area (Å²) in [5.41, 5.74) is 1.95. The zero-order chi connectivity index (χ0) is 20.9. The van der Waals surface area contributed by atoms with Crippen LogP contribution in [0.2, 0.25) is 0 Å². The summed E-state index contributed by atoms with van der Waals surface area (Å²) < 4.78 is 32.7. The van der Waals surface area contributed by atoms with E-state index in [0.29, 0.717) is 44.0 Å². The Morgan fingerprint density at radius 3 is 2.41 bits per heavy atom. The van der Waals surface area contributed by atoms with Gasteiger partial charge in [0.2, 0.25) is 15.9 Å². The molecular formula is C22H28N2O4S. The largest absolute Gasteiger partial charge is 0.494 e. The number of aryl methyl sites for hydroxylation is 1. The quantitative estimate of drug-likeness (QED) is 0.753. The van der Waals surface area contributed by atoms with Gasteiger partial charge in [-0.2, -0.15) is 4.31 Å². The topological polar surface area (TPSA) is 75.7 Å². The minimum atomic E-state index is -3.51. The molecule has 0 saturated carbocycles. The maximum absolute atomic E-state index is 12.8. The van der Waals surface area contributed by atoms with E-state index in [9.17, 15) is 13.2 Å². The minimum absolute atomic E-state index is 0.0383. The van der Waals surface area contributed by atoms with E-state index < -0.39 is 10.0 Å². The van der Waals surface area contributed by atoms with Crippen molar-refractivity contribution in [2.45, 2.75) is 38.1 Å². The van der Waals surface area contributed by atoms with E-state index in [1.54, 1.807) is 24.3 Å². The number of hydrogen-bond donors (Lipinski definition) is 1. The lowest BCUT2D eigenvalue weighted by Gasteiger charge is -2.30. The Balaban J connectivity index is 1.55. The van der Waals surface area contributed by atoms with Gasteiger partial charge in [0.1, 0.15) is 5.75 Å². The number of nitrogens with zero attached hydrogens (tertiary/aromatic N) is 1. The van der Waals surface area contributed by atoms with Gasteiger partial charge < -0.3 is 10.1 Å². The van der Waals surface area contributed by atoms with Crippen LogP contribution in [0.25, 0.3) is 0 Å². The number of para-hydroxylation sites is 1. The van der Waals surface area contributed by atoms with Gasteiger partial charge in [-0.25, -0.2) is 8.42 Å². The van der Waals surface area contributed by atoms with Crippen LogP contribution >= 0.6 is 0 Å². The Morgan fingerprint density at radius 2 is 1.76 bits per heavy atom. The van der Waals surface area contributed by atoms with Crippen molar-refractivity contribution < 1.29 is 17.9 Å². The third-order valence-corrected chi connectivity index (χ3v) is 7.12. The van der Waals surface area contributed by atoms with Crippen molar-refractivity contribution in [3.05, 3.63) is 59.7 Å². The molecule has 1 heterocycles. The molecular weight excluding hydrogens is 388 g/mol. The number of benzene rings is 2. The number of nitrogens with one attached hydrogen (secondary N) is 1. The summed E-state index contributed by atoms with van der Waals surface area (Å²) in [6.07, 6.45) is 1.04. The van der Waals surface area contributed by atoms with E-state index in [1.165, 1.54) is 4.31 Å². The first kappa shape index (κ1) is 21.3. The Kier molecular flexibility index (Phi) is 6.92. The van der Waals surface area contributed by atoms with Crippen LogP contribution in [0.4, 0.5) is 0 Å². The fraction of sp³-hybridized carbons (Fsp3) is 0.409. The molecule has 6 nitrogen and oxygen atoms in total. The second kappa shape index (κ2) is 9.41. The van der Waals surface area contributed by atoms with Crippen LogP contribution in [0.15, 0.2) is 53.4 Å². The summed E-state index contributed by atoms with van der Waals surface area (Å²) in [6, 6.07) is 14.5. The Bertz CT molecular complexity index is 934. The predicted octanol–water partition coefficient (Wildman–Crippen LogP) is 3.11. The highest BCUT2D eigenvalue weighted by molar-refractivity contribution is 7.89. The molecule has 1 amide bonds. The van der Waals surface area contributed by atoms with Crippen molar-refractivity contribution in [3.8, 4) is 5.75 Å². The molecule has 0 spiro atoms. The molecule has 7 heteroatoms. The molecule has 0 aromatic heterocycles. The summed E-state index contributed by atoms with van der Waals surface area (Å²) in [7, 11) is -3.51. The minimum Gasteiger partial charge on any atom is -0.494 e. The molecule has 1 aliphatic heterocycles. The third kappa shape index (κ3) is 5.16. The van der Waals surface area contributed by atoms with Crippen molar-refractivity contribution in [1.29, 1.82) is 0 Å². The van der Waals surface area contributed by atoms with E-state index in [4.69, 9.17) is 4.74 Å². The highest BCUT2D eigenvalue weighted by atomic mass is 32.2. The van der Waals surface area contributed by atoms with E-state index in [-0.39, 0.29) is 11.8 Å². The Morgan fingerprint density at radius 1 is 1.10 bits per heavy atom. The summed E-state index contributed by atoms with van der Waals surface area (Å²) in [5.74, 6) is 0.553. The summed E-state index contributed by atoms with van der Waals surface area (Å²) in [4.78, 5) is 12.9. The highest BCUT2D eigenvalue weighted by Crippen LogP contribution is 2.25. The molecule has 29 heavy (non-hydrogen) atoms. The fourth-order valence-corrected chi connectivity index (χ4v) is 4.96. The van der Waals surface area contributed by atoms with E-state index >= 15 is 0 Å². The first-order valence-electron chi connectivity index (χ1n) is 9.97. The van der Waals surface area contributed by atoms with Gasteiger partial charge in [-0.3, -0.25) is 4.79 Å². The van der Waals surface area contributed by atoms with Gasteiger partial charge in [-0.1, -0.05) is 35.9 Å². The van der Waals surface area contributed by atoms with Crippen LogP contribution in [0.3, 0.4) is 0 Å². The Hall–Kier alpha value is -2.38. The average Bonchev–Trinajstić information content (AvgIpc) is 2.73. The van der Waals surface area contributed by atoms with Gasteiger partial charge in [-0.05, 0) is 44.9 Å². The first-order chi connectivity index (χ1) is 13.9. The Labute approximate surface area is 172 Å². The zero-order valence-corrected chi connectivity index (χ0v) is 17.7. The van der Waals surface area contributed by atoms with Gasteiger partial charge >= 0.3 is 0 Å². The molecule has 1 fully saturated rings. The number of rotatable bonds is 7. The average molecular weight is 417 g/mol. The summed E-state index contributed by atoms with van der Waals surface area (Å²) in [5, 5.41) is 2.97. The molecule has 0 radical (unpaired) electrons. The number of sulfonamides is 1. The number of hydrogen-bond acceptors (Lipinski definition) is 4. The molecule has 156 valence electrons. The van der Waals surface area contributed by atoms with E-state index in [1.807, 2.05) is 38.1 Å². The molecule has 0 aliphatic carbocycles. The normalized spacial score (nSPS) is 15.8. The second-order valence-electron chi connectivity index (χ2n) is 7.25. The summed E-state index contributed by atoms with van der Waals surface area (Å²) in [6.45, 7) is 5.52. The standard InChI is InChI=1S/C22H28N2O4S/c1-3-28-21-7-5-4-6-19(21)16-23-22(25)18-12-14-24(15-13-18)29(26,27)20-10-8-17(2)9-11-20/h4-11,18H,3,12-16H2,1-2H3,(H,23,25). The van der Waals surface area contributed by atoms with Crippen LogP contribution < -0.4 is 10.1 Å². The van der Waals surface area contributed by atoms with Crippen LogP contribution in [0, 0.1) is 12.8 Å². The molecule has 1 N–H and O–H groups in total. The first-order valence-corrected chi connectivity index (χ1v) is 11.4. The van der Waals surface area contributed by atoms with Crippen molar-refractivity contribution >= 4 is 15.9 Å². The zero-order valence-electron chi connectivity index (χ0n) is 16.9. The number of amides is 1. The smallest absolute Gasteiger partial charge is 0.243 e. The van der Waals surface area contributed by atoms with Crippen molar-refractivity contribution in [2.24, 2.45) is 5.92 Å². The van der Waals surface area contributed by atoms with Crippen molar-refractivity contribution in [2.75, 3.05) is 19.7 Å². The van der Waals surface area contributed by atoms with E-state index in [2.05, 4.69) is 5.32 Å². The van der Waals surface area contributed by atoms with Gasteiger partial charge in [-0.15, -0.1) is 0 Å².